The fourth-order valence-corrected chi connectivity index (χ4v) is 3.66. The van der Waals surface area contributed by atoms with Crippen molar-refractivity contribution in [2.24, 2.45) is 0 Å². The molecule has 1 saturated heterocycles. The molecule has 0 unspecified atom stereocenters. The minimum absolute atomic E-state index is 0.00587. The van der Waals surface area contributed by atoms with Crippen LogP contribution in [-0.2, 0) is 4.79 Å². The molecule has 1 aromatic heterocycles. The van der Waals surface area contributed by atoms with Crippen molar-refractivity contribution < 1.29 is 14.3 Å². The molecular formula is C24H27N3O3. The summed E-state index contributed by atoms with van der Waals surface area (Å²) in [5.41, 5.74) is 1.26. The number of nitrogens with zero attached hydrogens (tertiary/aromatic N) is 3. The highest BCUT2D eigenvalue weighted by Gasteiger charge is 2.25. The zero-order valence-corrected chi connectivity index (χ0v) is 17.5. The molecule has 1 aliphatic rings. The lowest BCUT2D eigenvalue weighted by Gasteiger charge is -2.32. The second-order valence-electron chi connectivity index (χ2n) is 7.95. The Morgan fingerprint density at radius 3 is 2.57 bits per heavy atom. The molecule has 0 bridgehead atoms. The molecule has 2 heterocycles. The van der Waals surface area contributed by atoms with Gasteiger partial charge in [-0.1, -0.05) is 44.2 Å². The second-order valence-corrected chi connectivity index (χ2v) is 7.95. The van der Waals surface area contributed by atoms with Crippen molar-refractivity contribution in [3.8, 4) is 11.6 Å². The van der Waals surface area contributed by atoms with E-state index >= 15 is 0 Å². The number of piperidine rings is 1. The SMILES string of the molecule is CC(C)c1ccc(OCC(=O)N2CCC(Oc3nncc4ccccc34)CC2)cc1. The van der Waals surface area contributed by atoms with Gasteiger partial charge in [0.15, 0.2) is 6.61 Å². The molecule has 0 spiro atoms. The Hall–Kier alpha value is -3.15. The molecule has 0 N–H and O–H groups in total. The molecule has 6 nitrogen and oxygen atoms in total. The van der Waals surface area contributed by atoms with E-state index in [0.717, 1.165) is 29.4 Å². The Kier molecular flexibility index (Phi) is 6.12. The summed E-state index contributed by atoms with van der Waals surface area (Å²) in [7, 11) is 0. The van der Waals surface area contributed by atoms with Crippen molar-refractivity contribution in [1.82, 2.24) is 15.1 Å². The van der Waals surface area contributed by atoms with Crippen molar-refractivity contribution in [2.75, 3.05) is 19.7 Å². The van der Waals surface area contributed by atoms with Gasteiger partial charge in [0.1, 0.15) is 11.9 Å². The van der Waals surface area contributed by atoms with Gasteiger partial charge >= 0.3 is 0 Å². The van der Waals surface area contributed by atoms with Gasteiger partial charge in [-0.2, -0.15) is 5.10 Å². The lowest BCUT2D eigenvalue weighted by Crippen LogP contribution is -2.43. The molecule has 30 heavy (non-hydrogen) atoms. The van der Waals surface area contributed by atoms with Crippen LogP contribution < -0.4 is 9.47 Å². The van der Waals surface area contributed by atoms with Crippen LogP contribution in [0.1, 0.15) is 38.2 Å². The van der Waals surface area contributed by atoms with Gasteiger partial charge in [-0.15, -0.1) is 5.10 Å². The zero-order valence-electron chi connectivity index (χ0n) is 17.5. The number of benzene rings is 2. The van der Waals surface area contributed by atoms with Crippen molar-refractivity contribution >= 4 is 16.7 Å². The molecule has 0 radical (unpaired) electrons. The van der Waals surface area contributed by atoms with Crippen LogP contribution in [0.2, 0.25) is 0 Å². The monoisotopic (exact) mass is 405 g/mol. The maximum absolute atomic E-state index is 12.5. The summed E-state index contributed by atoms with van der Waals surface area (Å²) in [4.78, 5) is 14.4. The summed E-state index contributed by atoms with van der Waals surface area (Å²) in [6.45, 7) is 5.66. The third-order valence-electron chi connectivity index (χ3n) is 5.52. The number of amides is 1. The first-order valence-electron chi connectivity index (χ1n) is 10.5. The van der Waals surface area contributed by atoms with Crippen molar-refractivity contribution in [3.05, 3.63) is 60.3 Å². The van der Waals surface area contributed by atoms with Gasteiger partial charge in [-0.25, -0.2) is 0 Å². The van der Waals surface area contributed by atoms with Gasteiger partial charge in [0.05, 0.1) is 6.20 Å². The first-order valence-corrected chi connectivity index (χ1v) is 10.5. The lowest BCUT2D eigenvalue weighted by molar-refractivity contribution is -0.135. The molecular weight excluding hydrogens is 378 g/mol. The van der Waals surface area contributed by atoms with E-state index in [9.17, 15) is 4.79 Å². The molecule has 1 fully saturated rings. The predicted octanol–water partition coefficient (Wildman–Crippen LogP) is 4.20. The van der Waals surface area contributed by atoms with Crippen LogP contribution in [0.5, 0.6) is 11.6 Å². The van der Waals surface area contributed by atoms with E-state index in [1.54, 1.807) is 6.20 Å². The maximum atomic E-state index is 12.5. The average Bonchev–Trinajstić information content (AvgIpc) is 2.78. The average molecular weight is 405 g/mol. The van der Waals surface area contributed by atoms with Crippen LogP contribution in [0, 0.1) is 0 Å². The first-order chi connectivity index (χ1) is 14.6. The number of carbonyl (C=O) groups excluding carboxylic acids is 1. The Morgan fingerprint density at radius 2 is 1.83 bits per heavy atom. The van der Waals surface area contributed by atoms with Crippen molar-refractivity contribution in [2.45, 2.75) is 38.7 Å². The van der Waals surface area contributed by atoms with Gasteiger partial charge in [0, 0.05) is 36.7 Å². The van der Waals surface area contributed by atoms with Crippen molar-refractivity contribution in [3.63, 3.8) is 0 Å². The number of hydrogen-bond donors (Lipinski definition) is 0. The molecule has 0 aliphatic carbocycles. The summed E-state index contributed by atoms with van der Waals surface area (Å²) in [5.74, 6) is 1.77. The van der Waals surface area contributed by atoms with Crippen LogP contribution in [0.3, 0.4) is 0 Å². The molecule has 2 aromatic carbocycles. The Balaban J connectivity index is 1.27. The molecule has 6 heteroatoms. The standard InChI is InChI=1S/C24H27N3O3/c1-17(2)18-7-9-20(10-8-18)29-16-23(28)27-13-11-21(12-14-27)30-24-22-6-4-3-5-19(22)15-25-26-24/h3-10,15,17,21H,11-14,16H2,1-2H3. The number of carbonyl (C=O) groups is 1. The van der Waals surface area contributed by atoms with Gasteiger partial charge < -0.3 is 14.4 Å². The smallest absolute Gasteiger partial charge is 0.260 e. The number of hydrogen-bond acceptors (Lipinski definition) is 5. The highest BCUT2D eigenvalue weighted by Crippen LogP contribution is 2.25. The molecule has 0 atom stereocenters. The summed E-state index contributed by atoms with van der Waals surface area (Å²) in [6.07, 6.45) is 3.29. The Bertz CT molecular complexity index is 991. The molecule has 1 aliphatic heterocycles. The van der Waals surface area contributed by atoms with E-state index < -0.39 is 0 Å². The zero-order chi connectivity index (χ0) is 20.9. The van der Waals surface area contributed by atoms with E-state index in [1.165, 1.54) is 5.56 Å². The van der Waals surface area contributed by atoms with Gasteiger partial charge in [-0.05, 0) is 29.7 Å². The Morgan fingerprint density at radius 1 is 1.10 bits per heavy atom. The van der Waals surface area contributed by atoms with Crippen LogP contribution in [0.15, 0.2) is 54.7 Å². The summed E-state index contributed by atoms with van der Waals surface area (Å²) in [6, 6.07) is 15.9. The van der Waals surface area contributed by atoms with Crippen LogP contribution >= 0.6 is 0 Å². The second kappa shape index (κ2) is 9.11. The van der Waals surface area contributed by atoms with E-state index in [0.29, 0.717) is 24.9 Å². The molecule has 4 rings (SSSR count). The molecule has 0 saturated carbocycles. The lowest BCUT2D eigenvalue weighted by atomic mass is 10.0. The first kappa shape index (κ1) is 20.1. The van der Waals surface area contributed by atoms with E-state index in [1.807, 2.05) is 53.4 Å². The summed E-state index contributed by atoms with van der Waals surface area (Å²) < 4.78 is 11.8. The third-order valence-corrected chi connectivity index (χ3v) is 5.52. The highest BCUT2D eigenvalue weighted by molar-refractivity contribution is 5.85. The van der Waals surface area contributed by atoms with Gasteiger partial charge in [0.2, 0.25) is 5.88 Å². The Labute approximate surface area is 176 Å². The van der Waals surface area contributed by atoms with Crippen LogP contribution in [-0.4, -0.2) is 46.8 Å². The van der Waals surface area contributed by atoms with E-state index in [2.05, 4.69) is 24.0 Å². The minimum Gasteiger partial charge on any atom is -0.484 e. The fraction of sp³-hybridized carbons (Fsp3) is 0.375. The summed E-state index contributed by atoms with van der Waals surface area (Å²) in [5, 5.41) is 10.2. The normalized spacial score (nSPS) is 14.8. The minimum atomic E-state index is 0.00587. The van der Waals surface area contributed by atoms with Crippen molar-refractivity contribution in [1.29, 1.82) is 0 Å². The number of ether oxygens (including phenoxy) is 2. The van der Waals surface area contributed by atoms with Crippen LogP contribution in [0.4, 0.5) is 0 Å². The predicted molar refractivity (Wildman–Crippen MR) is 116 cm³/mol. The molecule has 1 amide bonds. The number of likely N-dealkylation sites (tertiary alicyclic amines) is 1. The number of fused-ring (bicyclic) bond motifs is 1. The number of rotatable bonds is 6. The maximum Gasteiger partial charge on any atom is 0.260 e. The quantitative estimate of drug-likeness (QED) is 0.615. The van der Waals surface area contributed by atoms with Crippen LogP contribution in [0.25, 0.3) is 10.8 Å². The molecule has 3 aromatic rings. The number of aromatic nitrogens is 2. The van der Waals surface area contributed by atoms with E-state index in [4.69, 9.17) is 9.47 Å². The largest absolute Gasteiger partial charge is 0.484 e. The van der Waals surface area contributed by atoms with E-state index in [-0.39, 0.29) is 18.6 Å². The van der Waals surface area contributed by atoms with Gasteiger partial charge in [-0.3, -0.25) is 4.79 Å². The molecule has 156 valence electrons. The topological polar surface area (TPSA) is 64.5 Å². The summed E-state index contributed by atoms with van der Waals surface area (Å²) >= 11 is 0. The van der Waals surface area contributed by atoms with Gasteiger partial charge in [0.25, 0.3) is 5.91 Å². The fourth-order valence-electron chi connectivity index (χ4n) is 3.66. The third kappa shape index (κ3) is 4.70. The highest BCUT2D eigenvalue weighted by atomic mass is 16.5.